The summed E-state index contributed by atoms with van der Waals surface area (Å²) in [4.78, 5) is 12.7. The third-order valence-corrected chi connectivity index (χ3v) is 5.44. The predicted octanol–water partition coefficient (Wildman–Crippen LogP) is 5.31. The van der Waals surface area contributed by atoms with Crippen molar-refractivity contribution in [3.8, 4) is 11.5 Å². The van der Waals surface area contributed by atoms with Crippen LogP contribution in [0.25, 0.3) is 0 Å². The van der Waals surface area contributed by atoms with Gasteiger partial charge in [0.05, 0.1) is 18.3 Å². The van der Waals surface area contributed by atoms with Crippen molar-refractivity contribution in [3.63, 3.8) is 0 Å². The Bertz CT molecular complexity index is 886. The molecule has 1 unspecified atom stereocenters. The molecule has 2 aromatic carbocycles. The first-order chi connectivity index (χ1) is 15.0. The summed E-state index contributed by atoms with van der Waals surface area (Å²) in [7, 11) is 0. The maximum Gasteiger partial charge on any atom is 0.261 e. The van der Waals surface area contributed by atoms with E-state index in [0.717, 1.165) is 48.2 Å². The highest BCUT2D eigenvalue weighted by molar-refractivity contribution is 9.10. The van der Waals surface area contributed by atoms with Gasteiger partial charge in [-0.3, -0.25) is 10.1 Å². The van der Waals surface area contributed by atoms with Crippen LogP contribution in [0.5, 0.6) is 11.5 Å². The molecule has 0 bridgehead atoms. The average molecular weight is 507 g/mol. The molecular formula is C23H27BrN2O4S. The second kappa shape index (κ2) is 12.0. The lowest BCUT2D eigenvalue weighted by Crippen LogP contribution is -2.34. The Kier molecular flexibility index (Phi) is 9.12. The van der Waals surface area contributed by atoms with Gasteiger partial charge in [0.1, 0.15) is 18.1 Å². The number of anilines is 1. The van der Waals surface area contributed by atoms with Crippen LogP contribution in [0.1, 0.15) is 43.0 Å². The van der Waals surface area contributed by atoms with Crippen molar-refractivity contribution >= 4 is 44.9 Å². The van der Waals surface area contributed by atoms with Crippen molar-refractivity contribution < 1.29 is 19.0 Å². The van der Waals surface area contributed by atoms with Crippen molar-refractivity contribution in [2.45, 2.75) is 38.7 Å². The zero-order valence-electron chi connectivity index (χ0n) is 17.5. The van der Waals surface area contributed by atoms with Crippen LogP contribution in [0.4, 0.5) is 5.69 Å². The third-order valence-electron chi connectivity index (χ3n) is 4.74. The van der Waals surface area contributed by atoms with E-state index in [0.29, 0.717) is 24.5 Å². The zero-order chi connectivity index (χ0) is 22.1. The monoisotopic (exact) mass is 506 g/mol. The normalized spacial score (nSPS) is 15.4. The molecule has 166 valence electrons. The van der Waals surface area contributed by atoms with E-state index >= 15 is 0 Å². The van der Waals surface area contributed by atoms with Crippen LogP contribution in [0, 0.1) is 0 Å². The summed E-state index contributed by atoms with van der Waals surface area (Å²) in [6.07, 6.45) is 4.24. The summed E-state index contributed by atoms with van der Waals surface area (Å²) >= 11 is 8.71. The third kappa shape index (κ3) is 7.48. The van der Waals surface area contributed by atoms with Crippen molar-refractivity contribution in [1.29, 1.82) is 0 Å². The minimum atomic E-state index is -0.332. The molecule has 0 aliphatic carbocycles. The van der Waals surface area contributed by atoms with Gasteiger partial charge in [0.25, 0.3) is 5.91 Å². The molecular weight excluding hydrogens is 480 g/mol. The zero-order valence-corrected chi connectivity index (χ0v) is 19.9. The number of halogens is 1. The van der Waals surface area contributed by atoms with Gasteiger partial charge in [0.2, 0.25) is 0 Å². The van der Waals surface area contributed by atoms with E-state index in [1.54, 1.807) is 12.1 Å². The van der Waals surface area contributed by atoms with Crippen LogP contribution in [0.2, 0.25) is 0 Å². The molecule has 1 amide bonds. The van der Waals surface area contributed by atoms with Gasteiger partial charge < -0.3 is 19.5 Å². The Balaban J connectivity index is 1.53. The molecule has 1 aliphatic heterocycles. The van der Waals surface area contributed by atoms with Gasteiger partial charge in [-0.2, -0.15) is 0 Å². The fraction of sp³-hybridized carbons (Fsp3) is 0.391. The number of nitrogens with one attached hydrogen (secondary N) is 2. The summed E-state index contributed by atoms with van der Waals surface area (Å²) in [5.41, 5.74) is 1.18. The molecule has 31 heavy (non-hydrogen) atoms. The van der Waals surface area contributed by atoms with Crippen LogP contribution in [-0.4, -0.2) is 36.9 Å². The number of unbranched alkanes of at least 4 members (excludes halogenated alkanes) is 1. The fourth-order valence-electron chi connectivity index (χ4n) is 3.06. The smallest absolute Gasteiger partial charge is 0.261 e. The molecule has 0 saturated carbocycles. The number of rotatable bonds is 9. The topological polar surface area (TPSA) is 68.8 Å². The summed E-state index contributed by atoms with van der Waals surface area (Å²) in [6, 6.07) is 12.8. The lowest BCUT2D eigenvalue weighted by atomic mass is 10.2. The molecule has 1 aliphatic rings. The van der Waals surface area contributed by atoms with Crippen LogP contribution in [0.15, 0.2) is 46.9 Å². The lowest BCUT2D eigenvalue weighted by Gasteiger charge is -2.14. The van der Waals surface area contributed by atoms with Gasteiger partial charge >= 0.3 is 0 Å². The largest absolute Gasteiger partial charge is 0.493 e. The number of thiocarbonyl (C=S) groups is 1. The number of benzene rings is 2. The number of carbonyl (C=O) groups is 1. The molecule has 2 N–H and O–H groups in total. The van der Waals surface area contributed by atoms with E-state index in [1.165, 1.54) is 0 Å². The molecule has 8 heteroatoms. The summed E-state index contributed by atoms with van der Waals surface area (Å²) in [6.45, 7) is 4.01. The molecule has 0 spiro atoms. The molecule has 1 heterocycles. The molecule has 1 atom stereocenters. The Labute approximate surface area is 196 Å². The fourth-order valence-corrected chi connectivity index (χ4v) is 3.64. The van der Waals surface area contributed by atoms with Crippen LogP contribution < -0.4 is 20.1 Å². The Morgan fingerprint density at radius 3 is 2.74 bits per heavy atom. The summed E-state index contributed by atoms with van der Waals surface area (Å²) < 4.78 is 17.9. The molecule has 3 rings (SSSR count). The van der Waals surface area contributed by atoms with Gasteiger partial charge in [-0.1, -0.05) is 29.3 Å². The van der Waals surface area contributed by atoms with E-state index in [-0.39, 0.29) is 17.1 Å². The Hall–Kier alpha value is -2.16. The molecule has 0 radical (unpaired) electrons. The van der Waals surface area contributed by atoms with Gasteiger partial charge in [-0.15, -0.1) is 0 Å². The van der Waals surface area contributed by atoms with Crippen molar-refractivity contribution in [1.82, 2.24) is 5.32 Å². The molecule has 1 fully saturated rings. The number of hydrogen-bond acceptors (Lipinski definition) is 5. The van der Waals surface area contributed by atoms with Crippen LogP contribution >= 0.6 is 28.1 Å². The summed E-state index contributed by atoms with van der Waals surface area (Å²) in [5.74, 6) is 0.963. The highest BCUT2D eigenvalue weighted by atomic mass is 79.9. The van der Waals surface area contributed by atoms with Gasteiger partial charge in [0.15, 0.2) is 5.11 Å². The first-order valence-electron chi connectivity index (χ1n) is 10.4. The molecule has 6 nitrogen and oxygen atoms in total. The quantitative estimate of drug-likeness (QED) is 0.354. The molecule has 0 aromatic heterocycles. The maximum absolute atomic E-state index is 12.7. The van der Waals surface area contributed by atoms with Gasteiger partial charge in [-0.05, 0) is 73.9 Å². The van der Waals surface area contributed by atoms with E-state index in [1.807, 2.05) is 30.3 Å². The number of amides is 1. The van der Waals surface area contributed by atoms with Crippen molar-refractivity contribution in [2.24, 2.45) is 0 Å². The Morgan fingerprint density at radius 2 is 2.03 bits per heavy atom. The van der Waals surface area contributed by atoms with Crippen molar-refractivity contribution in [2.75, 3.05) is 25.1 Å². The minimum Gasteiger partial charge on any atom is -0.493 e. The first kappa shape index (κ1) is 23.5. The van der Waals surface area contributed by atoms with Gasteiger partial charge in [-0.25, -0.2) is 0 Å². The second-order valence-corrected chi connectivity index (χ2v) is 8.55. The predicted molar refractivity (Wildman–Crippen MR) is 129 cm³/mol. The maximum atomic E-state index is 12.7. The standard InChI is InChI=1S/C23H27BrN2O4S/c1-2-3-12-29-21-11-6-16(24)14-20(21)22(27)26-23(31)25-17-7-9-18(10-8-17)30-15-19-5-4-13-28-19/h6-11,14,19H,2-5,12-13,15H2,1H3,(H2,25,26,27,31). The van der Waals surface area contributed by atoms with E-state index in [4.69, 9.17) is 26.4 Å². The minimum absolute atomic E-state index is 0.175. The molecule has 1 saturated heterocycles. The number of hydrogen-bond donors (Lipinski definition) is 2. The molecule has 2 aromatic rings. The number of ether oxygens (including phenoxy) is 3. The Morgan fingerprint density at radius 1 is 1.23 bits per heavy atom. The second-order valence-electron chi connectivity index (χ2n) is 7.22. The van der Waals surface area contributed by atoms with E-state index in [2.05, 4.69) is 33.5 Å². The van der Waals surface area contributed by atoms with Crippen LogP contribution in [0.3, 0.4) is 0 Å². The average Bonchev–Trinajstić information content (AvgIpc) is 3.28. The van der Waals surface area contributed by atoms with E-state index in [9.17, 15) is 4.79 Å². The highest BCUT2D eigenvalue weighted by Gasteiger charge is 2.16. The van der Waals surface area contributed by atoms with E-state index < -0.39 is 0 Å². The van der Waals surface area contributed by atoms with Crippen LogP contribution in [-0.2, 0) is 4.74 Å². The van der Waals surface area contributed by atoms with Gasteiger partial charge in [0, 0.05) is 16.8 Å². The highest BCUT2D eigenvalue weighted by Crippen LogP contribution is 2.24. The number of carbonyl (C=O) groups excluding carboxylic acids is 1. The van der Waals surface area contributed by atoms with Crippen molar-refractivity contribution in [3.05, 3.63) is 52.5 Å². The lowest BCUT2D eigenvalue weighted by molar-refractivity contribution is 0.0679. The SMILES string of the molecule is CCCCOc1ccc(Br)cc1C(=O)NC(=S)Nc1ccc(OCC2CCCO2)cc1. The summed E-state index contributed by atoms with van der Waals surface area (Å²) in [5, 5.41) is 5.94. The first-order valence-corrected chi connectivity index (χ1v) is 11.6.